The van der Waals surface area contributed by atoms with Crippen molar-refractivity contribution < 1.29 is 14.3 Å². The monoisotopic (exact) mass is 566 g/mol. The van der Waals surface area contributed by atoms with E-state index in [0.717, 1.165) is 25.2 Å². The number of nitrogens with zero attached hydrogens (tertiary/aromatic N) is 2. The summed E-state index contributed by atoms with van der Waals surface area (Å²) in [7, 11) is 1.62. The number of ether oxygens (including phenoxy) is 2. The first-order chi connectivity index (χ1) is 15.6. The van der Waals surface area contributed by atoms with E-state index in [0.29, 0.717) is 50.0 Å². The van der Waals surface area contributed by atoms with Crippen LogP contribution in [0, 0.1) is 0 Å². The van der Waals surface area contributed by atoms with Crippen LogP contribution >= 0.6 is 24.0 Å². The number of aliphatic imine (C=N–C) groups is 1. The molecule has 2 aromatic rings. The molecule has 0 radical (unpaired) electrons. The molecule has 0 saturated carbocycles. The highest BCUT2D eigenvalue weighted by Gasteiger charge is 2.19. The van der Waals surface area contributed by atoms with Gasteiger partial charge < -0.3 is 25.0 Å². The molecule has 2 N–H and O–H groups in total. The molecule has 0 bridgehead atoms. The maximum absolute atomic E-state index is 12.6. The van der Waals surface area contributed by atoms with Gasteiger partial charge in [-0.25, -0.2) is 0 Å². The molecule has 1 aliphatic rings. The molecule has 0 saturated heterocycles. The summed E-state index contributed by atoms with van der Waals surface area (Å²) in [5, 5.41) is 6.54. The zero-order valence-corrected chi connectivity index (χ0v) is 22.1. The lowest BCUT2D eigenvalue weighted by Gasteiger charge is -2.28. The molecule has 1 aliphatic heterocycles. The van der Waals surface area contributed by atoms with E-state index in [9.17, 15) is 4.79 Å². The smallest absolute Gasteiger partial charge is 0.222 e. The first kappa shape index (κ1) is 26.8. The molecule has 0 aromatic heterocycles. The van der Waals surface area contributed by atoms with Crippen molar-refractivity contribution in [2.75, 3.05) is 38.7 Å². The lowest BCUT2D eigenvalue weighted by atomic mass is 9.99. The van der Waals surface area contributed by atoms with Crippen molar-refractivity contribution >= 4 is 41.5 Å². The van der Waals surface area contributed by atoms with Crippen LogP contribution in [0.5, 0.6) is 11.5 Å². The van der Waals surface area contributed by atoms with E-state index in [2.05, 4.69) is 33.8 Å². The largest absolute Gasteiger partial charge is 0.493 e. The van der Waals surface area contributed by atoms with Crippen LogP contribution in [-0.2, 0) is 17.8 Å². The van der Waals surface area contributed by atoms with Gasteiger partial charge in [0.1, 0.15) is 0 Å². The third-order valence-electron chi connectivity index (χ3n) is 5.37. The van der Waals surface area contributed by atoms with Gasteiger partial charge in [0.05, 0.1) is 13.7 Å². The molecule has 3 rings (SSSR count). The Balaban J connectivity index is 0.00000385. The number of carbonyl (C=O) groups is 1. The lowest BCUT2D eigenvalue weighted by molar-refractivity contribution is -0.132. The average molecular weight is 566 g/mol. The lowest BCUT2D eigenvalue weighted by Crippen LogP contribution is -2.35. The second-order valence-corrected chi connectivity index (χ2v) is 7.62. The predicted octanol–water partition coefficient (Wildman–Crippen LogP) is 4.45. The van der Waals surface area contributed by atoms with Crippen molar-refractivity contribution in [2.24, 2.45) is 4.99 Å². The van der Waals surface area contributed by atoms with E-state index in [-0.39, 0.29) is 29.9 Å². The van der Waals surface area contributed by atoms with Crippen LogP contribution < -0.4 is 20.1 Å². The van der Waals surface area contributed by atoms with Gasteiger partial charge in [-0.05, 0) is 49.9 Å². The highest BCUT2D eigenvalue weighted by atomic mass is 127. The van der Waals surface area contributed by atoms with E-state index in [4.69, 9.17) is 9.47 Å². The summed E-state index contributed by atoms with van der Waals surface area (Å²) in [6.07, 6.45) is 2.14. The van der Waals surface area contributed by atoms with Crippen molar-refractivity contribution in [2.45, 2.75) is 39.7 Å². The van der Waals surface area contributed by atoms with E-state index in [1.54, 1.807) is 7.11 Å². The Morgan fingerprint density at radius 3 is 2.64 bits per heavy atom. The minimum absolute atomic E-state index is 0. The van der Waals surface area contributed by atoms with Gasteiger partial charge in [-0.15, -0.1) is 24.0 Å². The second-order valence-electron chi connectivity index (χ2n) is 7.62. The average Bonchev–Trinajstić information content (AvgIpc) is 2.82. The van der Waals surface area contributed by atoms with Gasteiger partial charge in [-0.3, -0.25) is 9.79 Å². The SMILES string of the molecule is CCNC(=NCCCC(=O)N1CCc2ccccc2C1)Nc1ccc(OCC)c(OC)c1.I. The van der Waals surface area contributed by atoms with Crippen LogP contribution in [0.15, 0.2) is 47.5 Å². The van der Waals surface area contributed by atoms with E-state index in [1.807, 2.05) is 43.0 Å². The molecule has 33 heavy (non-hydrogen) atoms. The van der Waals surface area contributed by atoms with E-state index < -0.39 is 0 Å². The number of benzene rings is 2. The Bertz CT molecular complexity index is 936. The first-order valence-electron chi connectivity index (χ1n) is 11.3. The second kappa shape index (κ2) is 13.9. The molecule has 0 atom stereocenters. The van der Waals surface area contributed by atoms with E-state index in [1.165, 1.54) is 11.1 Å². The summed E-state index contributed by atoms with van der Waals surface area (Å²) in [5.41, 5.74) is 3.47. The highest BCUT2D eigenvalue weighted by Crippen LogP contribution is 2.30. The molecule has 2 aromatic carbocycles. The van der Waals surface area contributed by atoms with Gasteiger partial charge in [0.25, 0.3) is 0 Å². The van der Waals surface area contributed by atoms with E-state index >= 15 is 0 Å². The number of hydrogen-bond donors (Lipinski definition) is 2. The number of amides is 1. The summed E-state index contributed by atoms with van der Waals surface area (Å²) >= 11 is 0. The van der Waals surface area contributed by atoms with Gasteiger partial charge in [-0.1, -0.05) is 24.3 Å². The molecule has 8 heteroatoms. The zero-order chi connectivity index (χ0) is 22.8. The Kier molecular flexibility index (Phi) is 11.3. The Morgan fingerprint density at radius 2 is 1.91 bits per heavy atom. The van der Waals surface area contributed by atoms with Crippen LogP contribution in [0.4, 0.5) is 5.69 Å². The quantitative estimate of drug-likeness (QED) is 0.203. The standard InChI is InChI=1S/C25H34N4O3.HI/c1-4-26-25(28-21-12-13-22(32-5-2)23(17-21)31-3)27-15-8-11-24(30)29-16-14-19-9-6-7-10-20(19)18-29;/h6-7,9-10,12-13,17H,4-5,8,11,14-16,18H2,1-3H3,(H2,26,27,28);1H. The molecular weight excluding hydrogens is 531 g/mol. The third kappa shape index (κ3) is 7.80. The molecule has 0 aliphatic carbocycles. The number of anilines is 1. The summed E-state index contributed by atoms with van der Waals surface area (Å²) in [6, 6.07) is 14.1. The number of guanidine groups is 1. The molecule has 0 spiro atoms. The van der Waals surface area contributed by atoms with Crippen LogP contribution in [0.2, 0.25) is 0 Å². The topological polar surface area (TPSA) is 75.2 Å². The minimum Gasteiger partial charge on any atom is -0.493 e. The Morgan fingerprint density at radius 1 is 1.12 bits per heavy atom. The van der Waals surface area contributed by atoms with Crippen LogP contribution in [0.25, 0.3) is 0 Å². The molecule has 1 amide bonds. The fourth-order valence-corrected chi connectivity index (χ4v) is 3.75. The molecule has 180 valence electrons. The minimum atomic E-state index is 0. The van der Waals surface area contributed by atoms with Crippen LogP contribution in [-0.4, -0.2) is 50.1 Å². The highest BCUT2D eigenvalue weighted by molar-refractivity contribution is 14.0. The van der Waals surface area contributed by atoms with Crippen molar-refractivity contribution in [1.82, 2.24) is 10.2 Å². The Hall–Kier alpha value is -2.49. The number of carbonyl (C=O) groups excluding carboxylic acids is 1. The normalized spacial score (nSPS) is 12.9. The van der Waals surface area contributed by atoms with Gasteiger partial charge >= 0.3 is 0 Å². The van der Waals surface area contributed by atoms with Crippen molar-refractivity contribution in [3.63, 3.8) is 0 Å². The summed E-state index contributed by atoms with van der Waals surface area (Å²) in [4.78, 5) is 19.2. The maximum Gasteiger partial charge on any atom is 0.222 e. The summed E-state index contributed by atoms with van der Waals surface area (Å²) in [5.74, 6) is 2.25. The fourth-order valence-electron chi connectivity index (χ4n) is 3.75. The molecular formula is C25H35IN4O3. The number of hydrogen-bond acceptors (Lipinski definition) is 4. The Labute approximate surface area is 214 Å². The van der Waals surface area contributed by atoms with Crippen LogP contribution in [0.3, 0.4) is 0 Å². The number of methoxy groups -OCH3 is 1. The predicted molar refractivity (Wildman–Crippen MR) is 144 cm³/mol. The number of nitrogens with one attached hydrogen (secondary N) is 2. The van der Waals surface area contributed by atoms with Gasteiger partial charge in [0.2, 0.25) is 5.91 Å². The van der Waals surface area contributed by atoms with Crippen LogP contribution in [0.1, 0.15) is 37.8 Å². The number of fused-ring (bicyclic) bond motifs is 1. The number of halogens is 1. The molecule has 0 fully saturated rings. The third-order valence-corrected chi connectivity index (χ3v) is 5.37. The summed E-state index contributed by atoms with van der Waals surface area (Å²) in [6.45, 7) is 7.36. The molecule has 7 nitrogen and oxygen atoms in total. The van der Waals surface area contributed by atoms with Crippen molar-refractivity contribution in [3.8, 4) is 11.5 Å². The fraction of sp³-hybridized carbons (Fsp3) is 0.440. The molecule has 1 heterocycles. The van der Waals surface area contributed by atoms with Gasteiger partial charge in [0.15, 0.2) is 17.5 Å². The molecule has 0 unspecified atom stereocenters. The zero-order valence-electron chi connectivity index (χ0n) is 19.7. The number of rotatable bonds is 9. The first-order valence-corrected chi connectivity index (χ1v) is 11.3. The maximum atomic E-state index is 12.6. The van der Waals surface area contributed by atoms with Gasteiger partial charge in [0, 0.05) is 44.4 Å². The van der Waals surface area contributed by atoms with Crippen molar-refractivity contribution in [3.05, 3.63) is 53.6 Å². The van der Waals surface area contributed by atoms with Gasteiger partial charge in [-0.2, -0.15) is 0 Å². The summed E-state index contributed by atoms with van der Waals surface area (Å²) < 4.78 is 11.0. The van der Waals surface area contributed by atoms with Crippen molar-refractivity contribution in [1.29, 1.82) is 0 Å².